The van der Waals surface area contributed by atoms with Gasteiger partial charge in [-0.15, -0.1) is 0 Å². The molecule has 2 aliphatic carbocycles. The molecule has 1 saturated heterocycles. The number of nitrogens with zero attached hydrogens (tertiary/aromatic N) is 2. The standard InChI is InChI=1S/C21H26FN3O2/c22-17-5-3-16(4-6-17)21(27)10-14-8-18(9-15(14)11-21)24-13-20(26)25-7-1-2-19(25)12-23/h3-6,14-15,18-19,24,27H,1-2,7-11,13H2/t14-,15+,18-,19-,21?/m0/s1. The fourth-order valence-corrected chi connectivity index (χ4v) is 5.36. The molecule has 0 spiro atoms. The van der Waals surface area contributed by atoms with Crippen LogP contribution in [0, 0.1) is 29.0 Å². The van der Waals surface area contributed by atoms with Crippen molar-refractivity contribution in [3.8, 4) is 6.07 Å². The number of carbonyl (C=O) groups excluding carboxylic acids is 1. The SMILES string of the molecule is N#C[C@@H]1CCCN1C(=O)CN[C@@H]1C[C@@H]2CC(O)(c3ccc(F)cc3)C[C@@H]2C1. The van der Waals surface area contributed by atoms with Crippen LogP contribution < -0.4 is 5.32 Å². The predicted molar refractivity (Wildman–Crippen MR) is 97.9 cm³/mol. The lowest BCUT2D eigenvalue weighted by atomic mass is 9.89. The first-order valence-electron chi connectivity index (χ1n) is 9.89. The van der Waals surface area contributed by atoms with Gasteiger partial charge in [-0.1, -0.05) is 12.1 Å². The minimum absolute atomic E-state index is 0.0129. The van der Waals surface area contributed by atoms with E-state index >= 15 is 0 Å². The van der Waals surface area contributed by atoms with Crippen LogP contribution in [0.2, 0.25) is 0 Å². The summed E-state index contributed by atoms with van der Waals surface area (Å²) in [6, 6.07) is 8.41. The predicted octanol–water partition coefficient (Wildman–Crippen LogP) is 2.31. The first-order chi connectivity index (χ1) is 13.0. The van der Waals surface area contributed by atoms with E-state index in [1.54, 1.807) is 17.0 Å². The van der Waals surface area contributed by atoms with E-state index in [0.717, 1.165) is 31.2 Å². The number of halogens is 1. The van der Waals surface area contributed by atoms with Gasteiger partial charge in [0, 0.05) is 12.6 Å². The van der Waals surface area contributed by atoms with Crippen LogP contribution in [0.1, 0.15) is 44.1 Å². The highest BCUT2D eigenvalue weighted by Gasteiger charge is 2.49. The monoisotopic (exact) mass is 371 g/mol. The molecule has 6 heteroatoms. The number of fused-ring (bicyclic) bond motifs is 1. The fourth-order valence-electron chi connectivity index (χ4n) is 5.36. The second kappa shape index (κ2) is 7.21. The van der Waals surface area contributed by atoms with Gasteiger partial charge in [0.25, 0.3) is 0 Å². The Morgan fingerprint density at radius 3 is 2.59 bits per heavy atom. The van der Waals surface area contributed by atoms with Crippen molar-refractivity contribution in [2.45, 2.75) is 56.2 Å². The fraction of sp³-hybridized carbons (Fsp3) is 0.619. The Balaban J connectivity index is 1.29. The highest BCUT2D eigenvalue weighted by Crippen LogP contribution is 2.52. The summed E-state index contributed by atoms with van der Waals surface area (Å²) in [7, 11) is 0. The van der Waals surface area contributed by atoms with Crippen molar-refractivity contribution in [2.24, 2.45) is 11.8 Å². The molecule has 1 aromatic carbocycles. The van der Waals surface area contributed by atoms with E-state index in [9.17, 15) is 14.3 Å². The molecular weight excluding hydrogens is 345 g/mol. The van der Waals surface area contributed by atoms with Crippen LogP contribution in [-0.4, -0.2) is 41.1 Å². The molecule has 1 aromatic rings. The number of nitrogens with one attached hydrogen (secondary N) is 1. The lowest BCUT2D eigenvalue weighted by Gasteiger charge is -2.26. The van der Waals surface area contributed by atoms with Crippen molar-refractivity contribution >= 4 is 5.91 Å². The summed E-state index contributed by atoms with van der Waals surface area (Å²) in [5, 5.41) is 23.5. The number of amides is 1. The topological polar surface area (TPSA) is 76.4 Å². The number of benzene rings is 1. The van der Waals surface area contributed by atoms with Gasteiger partial charge in [-0.2, -0.15) is 5.26 Å². The number of likely N-dealkylation sites (tertiary alicyclic amines) is 1. The molecule has 4 rings (SSSR count). The van der Waals surface area contributed by atoms with E-state index in [1.807, 2.05) is 0 Å². The molecule has 2 saturated carbocycles. The smallest absolute Gasteiger partial charge is 0.237 e. The molecule has 0 bridgehead atoms. The van der Waals surface area contributed by atoms with Gasteiger partial charge in [0.15, 0.2) is 0 Å². The highest BCUT2D eigenvalue weighted by molar-refractivity contribution is 5.79. The Morgan fingerprint density at radius 1 is 1.30 bits per heavy atom. The Hall–Kier alpha value is -1.97. The van der Waals surface area contributed by atoms with Crippen LogP contribution in [0.4, 0.5) is 4.39 Å². The zero-order chi connectivity index (χ0) is 19.0. The highest BCUT2D eigenvalue weighted by atomic mass is 19.1. The van der Waals surface area contributed by atoms with E-state index in [2.05, 4.69) is 11.4 Å². The Bertz CT molecular complexity index is 731. The normalized spacial score (nSPS) is 35.2. The van der Waals surface area contributed by atoms with E-state index < -0.39 is 5.60 Å². The summed E-state index contributed by atoms with van der Waals surface area (Å²) in [5.41, 5.74) is -0.0612. The van der Waals surface area contributed by atoms with Crippen molar-refractivity contribution in [1.29, 1.82) is 5.26 Å². The molecule has 5 atom stereocenters. The molecule has 1 unspecified atom stereocenters. The van der Waals surface area contributed by atoms with Crippen molar-refractivity contribution in [1.82, 2.24) is 10.2 Å². The molecule has 27 heavy (non-hydrogen) atoms. The zero-order valence-corrected chi connectivity index (χ0v) is 15.4. The molecule has 1 heterocycles. The Labute approximate surface area is 159 Å². The second-order valence-electron chi connectivity index (χ2n) is 8.39. The lowest BCUT2D eigenvalue weighted by Crippen LogP contribution is -2.43. The number of hydrogen-bond acceptors (Lipinski definition) is 4. The number of nitriles is 1. The van der Waals surface area contributed by atoms with Crippen LogP contribution in [0.15, 0.2) is 24.3 Å². The summed E-state index contributed by atoms with van der Waals surface area (Å²) in [6.45, 7) is 0.962. The van der Waals surface area contributed by atoms with Gasteiger partial charge in [0.1, 0.15) is 11.9 Å². The van der Waals surface area contributed by atoms with Crippen molar-refractivity contribution in [3.63, 3.8) is 0 Å². The minimum atomic E-state index is -0.862. The van der Waals surface area contributed by atoms with Gasteiger partial charge >= 0.3 is 0 Å². The van der Waals surface area contributed by atoms with E-state index in [1.165, 1.54) is 12.1 Å². The minimum Gasteiger partial charge on any atom is -0.385 e. The molecular formula is C21H26FN3O2. The number of aliphatic hydroxyl groups is 1. The maximum Gasteiger partial charge on any atom is 0.237 e. The zero-order valence-electron chi connectivity index (χ0n) is 15.4. The third-order valence-corrected chi connectivity index (χ3v) is 6.69. The van der Waals surface area contributed by atoms with Crippen LogP contribution >= 0.6 is 0 Å². The maximum absolute atomic E-state index is 13.2. The maximum atomic E-state index is 13.2. The van der Waals surface area contributed by atoms with Gasteiger partial charge in [-0.05, 0) is 68.1 Å². The van der Waals surface area contributed by atoms with Gasteiger partial charge < -0.3 is 15.3 Å². The molecule has 0 aromatic heterocycles. The number of carbonyl (C=O) groups is 1. The van der Waals surface area contributed by atoms with Crippen molar-refractivity contribution < 1.29 is 14.3 Å². The van der Waals surface area contributed by atoms with E-state index in [4.69, 9.17) is 5.26 Å². The van der Waals surface area contributed by atoms with Crippen molar-refractivity contribution in [2.75, 3.05) is 13.1 Å². The first-order valence-corrected chi connectivity index (χ1v) is 9.89. The summed E-state index contributed by atoms with van der Waals surface area (Å²) in [4.78, 5) is 14.1. The number of hydrogen-bond donors (Lipinski definition) is 2. The average Bonchev–Trinajstić information content (AvgIpc) is 3.33. The van der Waals surface area contributed by atoms with Gasteiger partial charge in [-0.3, -0.25) is 4.79 Å². The first kappa shape index (κ1) is 18.4. The molecule has 5 nitrogen and oxygen atoms in total. The quantitative estimate of drug-likeness (QED) is 0.852. The van der Waals surface area contributed by atoms with Gasteiger partial charge in [0.2, 0.25) is 5.91 Å². The number of rotatable bonds is 4. The average molecular weight is 371 g/mol. The summed E-state index contributed by atoms with van der Waals surface area (Å²) < 4.78 is 13.2. The van der Waals surface area contributed by atoms with Crippen LogP contribution in [0.3, 0.4) is 0 Å². The van der Waals surface area contributed by atoms with Gasteiger partial charge in [-0.25, -0.2) is 4.39 Å². The lowest BCUT2D eigenvalue weighted by molar-refractivity contribution is -0.130. The molecule has 144 valence electrons. The molecule has 0 radical (unpaired) electrons. The molecule has 1 amide bonds. The van der Waals surface area contributed by atoms with Crippen LogP contribution in [0.25, 0.3) is 0 Å². The third-order valence-electron chi connectivity index (χ3n) is 6.69. The summed E-state index contributed by atoms with van der Waals surface area (Å²) in [6.07, 6.45) is 4.96. The molecule has 3 aliphatic rings. The van der Waals surface area contributed by atoms with E-state index in [-0.39, 0.29) is 30.4 Å². The Kier molecular flexibility index (Phi) is 4.92. The second-order valence-corrected chi connectivity index (χ2v) is 8.39. The Morgan fingerprint density at radius 2 is 1.96 bits per heavy atom. The van der Waals surface area contributed by atoms with Crippen molar-refractivity contribution in [3.05, 3.63) is 35.6 Å². The van der Waals surface area contributed by atoms with Crippen LogP contribution in [-0.2, 0) is 10.4 Å². The van der Waals surface area contributed by atoms with E-state index in [0.29, 0.717) is 31.2 Å². The van der Waals surface area contributed by atoms with Crippen LogP contribution in [0.5, 0.6) is 0 Å². The summed E-state index contributed by atoms with van der Waals surface area (Å²) in [5.74, 6) is 0.572. The molecule has 1 aliphatic heterocycles. The molecule has 3 fully saturated rings. The summed E-state index contributed by atoms with van der Waals surface area (Å²) >= 11 is 0. The third kappa shape index (κ3) is 3.59. The molecule has 2 N–H and O–H groups in total. The largest absolute Gasteiger partial charge is 0.385 e. The van der Waals surface area contributed by atoms with Gasteiger partial charge in [0.05, 0.1) is 18.2 Å².